The molecule has 0 bridgehead atoms. The highest BCUT2D eigenvalue weighted by Crippen LogP contribution is 2.52. The number of aromatic hydroxyl groups is 2. The van der Waals surface area contributed by atoms with Gasteiger partial charge in [0.25, 0.3) is 0 Å². The lowest BCUT2D eigenvalue weighted by Gasteiger charge is -2.42. The number of methoxy groups -OCH3 is 1. The number of nitrogens with one attached hydrogen (secondary N) is 1. The average Bonchev–Trinajstić information content (AvgIpc) is 3.04. The van der Waals surface area contributed by atoms with E-state index in [1.165, 1.54) is 32.2 Å². The number of phenolic OH excluding ortho intramolecular Hbond substituents is 2. The summed E-state index contributed by atoms with van der Waals surface area (Å²) in [5.41, 5.74) is 10.5. The highest BCUT2D eigenvalue weighted by Gasteiger charge is 2.49. The van der Waals surface area contributed by atoms with E-state index in [1.54, 1.807) is 6.92 Å². The van der Waals surface area contributed by atoms with Crippen molar-refractivity contribution in [1.82, 2.24) is 5.43 Å². The Kier molecular flexibility index (Phi) is 9.60. The molecule has 0 radical (unpaired) electrons. The zero-order valence-corrected chi connectivity index (χ0v) is 26.4. The van der Waals surface area contributed by atoms with Crippen molar-refractivity contribution in [3.05, 3.63) is 51.6 Å². The number of rotatable bonds is 9. The van der Waals surface area contributed by atoms with Crippen LogP contribution < -0.4 is 21.6 Å². The zero-order valence-electron chi connectivity index (χ0n) is 26.4. The summed E-state index contributed by atoms with van der Waals surface area (Å²) < 4.78 is 17.3. The van der Waals surface area contributed by atoms with Crippen LogP contribution in [-0.2, 0) is 25.5 Å². The number of carboxylic acids is 1. The maximum absolute atomic E-state index is 13.9. The molecule has 3 aliphatic rings. The van der Waals surface area contributed by atoms with Crippen LogP contribution in [-0.4, -0.2) is 98.0 Å². The van der Waals surface area contributed by atoms with Crippen molar-refractivity contribution in [2.75, 3.05) is 7.11 Å². The second kappa shape index (κ2) is 13.2. The first-order valence-electron chi connectivity index (χ1n) is 15.3. The third-order valence-corrected chi connectivity index (χ3v) is 9.16. The molecular formula is C32H38N4O12. The van der Waals surface area contributed by atoms with Crippen LogP contribution in [0.25, 0.3) is 0 Å². The number of hydrogen-bond acceptors (Lipinski definition) is 14. The van der Waals surface area contributed by atoms with E-state index in [1.807, 2.05) is 0 Å². The van der Waals surface area contributed by atoms with Gasteiger partial charge in [-0.3, -0.25) is 19.2 Å². The number of aliphatic carboxylic acids is 1. The summed E-state index contributed by atoms with van der Waals surface area (Å²) in [4.78, 5) is 51.0. The maximum atomic E-state index is 13.9. The Bertz CT molecular complexity index is 1700. The number of fused-ring (bicyclic) bond motifs is 3. The van der Waals surface area contributed by atoms with Gasteiger partial charge in [0.1, 0.15) is 28.9 Å². The van der Waals surface area contributed by atoms with Gasteiger partial charge in [-0.2, -0.15) is 5.10 Å². The fourth-order valence-corrected chi connectivity index (χ4v) is 6.38. The molecule has 1 amide bonds. The predicted molar refractivity (Wildman–Crippen MR) is 166 cm³/mol. The molecule has 2 aliphatic carbocycles. The van der Waals surface area contributed by atoms with Crippen molar-refractivity contribution in [1.29, 1.82) is 0 Å². The number of nitrogens with zero attached hydrogens (tertiary/aromatic N) is 1. The quantitative estimate of drug-likeness (QED) is 0.0854. The highest BCUT2D eigenvalue weighted by molar-refractivity contribution is 6.31. The number of benzene rings is 2. The Hall–Kier alpha value is -4.45. The molecular weight excluding hydrogens is 632 g/mol. The van der Waals surface area contributed by atoms with E-state index in [4.69, 9.17) is 30.8 Å². The monoisotopic (exact) mass is 670 g/mol. The molecule has 16 nitrogen and oxygen atoms in total. The van der Waals surface area contributed by atoms with Gasteiger partial charge in [-0.05, 0) is 26.3 Å². The van der Waals surface area contributed by atoms with Crippen molar-refractivity contribution in [2.24, 2.45) is 16.6 Å². The Labute approximate surface area is 274 Å². The number of amides is 1. The SMILES string of the molecule is COc1cccc2c1C(=O)c1c(O)c3c(c(O)c1C2=O)CC(O)(C(C)=NNC(=O)CCC(N)C(=O)O)CC3OC1CC(N)C(O)C(C)O1. The number of phenols is 2. The molecule has 258 valence electrons. The Morgan fingerprint density at radius 1 is 1.17 bits per heavy atom. The van der Waals surface area contributed by atoms with Crippen molar-refractivity contribution >= 4 is 29.2 Å². The van der Waals surface area contributed by atoms with E-state index in [0.29, 0.717) is 0 Å². The maximum Gasteiger partial charge on any atom is 0.320 e. The van der Waals surface area contributed by atoms with E-state index in [9.17, 15) is 39.6 Å². The highest BCUT2D eigenvalue weighted by atomic mass is 16.7. The lowest BCUT2D eigenvalue weighted by molar-refractivity contribution is -0.245. The molecule has 0 aromatic heterocycles. The number of carbonyl (C=O) groups is 4. The summed E-state index contributed by atoms with van der Waals surface area (Å²) in [5.74, 6) is -4.71. The number of aliphatic hydroxyl groups is 2. The Morgan fingerprint density at radius 3 is 2.50 bits per heavy atom. The van der Waals surface area contributed by atoms with Crippen LogP contribution in [0.2, 0.25) is 0 Å². The standard InChI is InChI=1S/C32H38N4O12/c1-12-26(38)17(34)9-21(47-12)48-19-11-32(45,13(2)35-36-20(37)8-7-16(33)31(43)44)10-15-23(19)30(42)25-24(28(15)40)27(39)14-5-4-6-18(46-3)22(14)29(25)41/h4-6,12,16-17,19,21,26,38,40,42,45H,7-11,33-34H2,1-3H3,(H,36,37)(H,43,44). The molecule has 2 aromatic carbocycles. The van der Waals surface area contributed by atoms with Gasteiger partial charge in [0.15, 0.2) is 12.1 Å². The molecule has 1 fully saturated rings. The number of hydrazone groups is 1. The normalized spacial score (nSPS) is 27.4. The van der Waals surface area contributed by atoms with E-state index < -0.39 is 94.8 Å². The summed E-state index contributed by atoms with van der Waals surface area (Å²) in [7, 11) is 1.32. The molecule has 2 aromatic rings. The minimum absolute atomic E-state index is 0.0110. The Balaban J connectivity index is 1.57. The van der Waals surface area contributed by atoms with E-state index >= 15 is 0 Å². The fourth-order valence-electron chi connectivity index (χ4n) is 6.38. The van der Waals surface area contributed by atoms with Crippen LogP contribution in [0.1, 0.15) is 88.6 Å². The van der Waals surface area contributed by atoms with Crippen molar-refractivity contribution in [3.63, 3.8) is 0 Å². The molecule has 7 atom stereocenters. The van der Waals surface area contributed by atoms with Gasteiger partial charge in [0.2, 0.25) is 11.7 Å². The van der Waals surface area contributed by atoms with Crippen LogP contribution in [0.3, 0.4) is 0 Å². The smallest absolute Gasteiger partial charge is 0.320 e. The van der Waals surface area contributed by atoms with Gasteiger partial charge >= 0.3 is 5.97 Å². The largest absolute Gasteiger partial charge is 0.507 e. The van der Waals surface area contributed by atoms with Crippen LogP contribution in [0.5, 0.6) is 17.2 Å². The van der Waals surface area contributed by atoms with Gasteiger partial charge in [-0.15, -0.1) is 0 Å². The molecule has 10 N–H and O–H groups in total. The lowest BCUT2D eigenvalue weighted by atomic mass is 9.72. The molecule has 48 heavy (non-hydrogen) atoms. The Morgan fingerprint density at radius 2 is 1.85 bits per heavy atom. The first-order valence-corrected chi connectivity index (χ1v) is 15.3. The van der Waals surface area contributed by atoms with E-state index in [-0.39, 0.29) is 59.4 Å². The summed E-state index contributed by atoms with van der Waals surface area (Å²) >= 11 is 0. The number of carboxylic acid groups (broad SMARTS) is 1. The second-order valence-electron chi connectivity index (χ2n) is 12.3. The molecule has 5 rings (SSSR count). The fraction of sp³-hybridized carbons (Fsp3) is 0.469. The van der Waals surface area contributed by atoms with Crippen LogP contribution in [0, 0.1) is 0 Å². The third kappa shape index (κ3) is 6.13. The molecule has 0 saturated carbocycles. The number of nitrogens with two attached hydrogens (primary N) is 2. The predicted octanol–water partition coefficient (Wildman–Crippen LogP) is 0.124. The molecule has 1 saturated heterocycles. The summed E-state index contributed by atoms with van der Waals surface area (Å²) in [6.45, 7) is 2.98. The molecule has 1 aliphatic heterocycles. The summed E-state index contributed by atoms with van der Waals surface area (Å²) in [5, 5.41) is 58.6. The van der Waals surface area contributed by atoms with E-state index in [2.05, 4.69) is 10.5 Å². The van der Waals surface area contributed by atoms with Crippen molar-refractivity contribution < 1.29 is 58.9 Å². The molecule has 7 unspecified atom stereocenters. The van der Waals surface area contributed by atoms with Gasteiger partial charge in [-0.1, -0.05) is 12.1 Å². The van der Waals surface area contributed by atoms with Crippen LogP contribution in [0.4, 0.5) is 0 Å². The molecule has 0 spiro atoms. The van der Waals surface area contributed by atoms with Gasteiger partial charge in [-0.25, -0.2) is 5.43 Å². The van der Waals surface area contributed by atoms with Crippen LogP contribution >= 0.6 is 0 Å². The van der Waals surface area contributed by atoms with Gasteiger partial charge < -0.3 is 51.2 Å². The van der Waals surface area contributed by atoms with Gasteiger partial charge in [0, 0.05) is 48.4 Å². The van der Waals surface area contributed by atoms with Crippen LogP contribution in [0.15, 0.2) is 23.3 Å². The first kappa shape index (κ1) is 34.9. The number of aliphatic hydroxyl groups excluding tert-OH is 1. The zero-order chi connectivity index (χ0) is 35.2. The number of hydrogen-bond donors (Lipinski definition) is 8. The first-order chi connectivity index (χ1) is 22.6. The average molecular weight is 671 g/mol. The van der Waals surface area contributed by atoms with Crippen molar-refractivity contribution in [2.45, 2.75) is 88.2 Å². The topological polar surface area (TPSA) is 274 Å². The molecule has 16 heteroatoms. The number of carbonyl (C=O) groups excluding carboxylic acids is 3. The molecule has 1 heterocycles. The minimum atomic E-state index is -1.97. The van der Waals surface area contributed by atoms with Crippen molar-refractivity contribution in [3.8, 4) is 17.2 Å². The number of ketones is 2. The van der Waals surface area contributed by atoms with E-state index in [0.717, 1.165) is 0 Å². The van der Waals surface area contributed by atoms with Gasteiger partial charge in [0.05, 0.1) is 47.8 Å². The summed E-state index contributed by atoms with van der Waals surface area (Å²) in [6.07, 6.45) is -5.31. The third-order valence-electron chi connectivity index (χ3n) is 9.16. The number of ether oxygens (including phenoxy) is 3. The lowest BCUT2D eigenvalue weighted by Crippen LogP contribution is -2.52. The minimum Gasteiger partial charge on any atom is -0.507 e. The summed E-state index contributed by atoms with van der Waals surface area (Å²) in [6, 6.07) is 2.36. The second-order valence-corrected chi connectivity index (χ2v) is 12.3.